The maximum atomic E-state index is 11.4. The van der Waals surface area contributed by atoms with Gasteiger partial charge in [-0.25, -0.2) is 4.79 Å². The van der Waals surface area contributed by atoms with Crippen LogP contribution in [0.3, 0.4) is 0 Å². The molecule has 3 rings (SSSR count). The SMILES string of the molecule is Cc1cc(-c2csc3ccccc23)nc(=O)[nH]1. The lowest BCUT2D eigenvalue weighted by Crippen LogP contribution is -2.11. The van der Waals surface area contributed by atoms with E-state index < -0.39 is 0 Å². The van der Waals surface area contributed by atoms with Crippen LogP contribution < -0.4 is 5.69 Å². The Morgan fingerprint density at radius 1 is 1.29 bits per heavy atom. The minimum absolute atomic E-state index is 0.296. The van der Waals surface area contributed by atoms with Crippen molar-refractivity contribution in [1.82, 2.24) is 9.97 Å². The van der Waals surface area contributed by atoms with Gasteiger partial charge in [0.05, 0.1) is 5.69 Å². The van der Waals surface area contributed by atoms with E-state index in [1.807, 2.05) is 30.5 Å². The van der Waals surface area contributed by atoms with Gasteiger partial charge in [-0.2, -0.15) is 4.98 Å². The van der Waals surface area contributed by atoms with Gasteiger partial charge in [-0.1, -0.05) is 18.2 Å². The summed E-state index contributed by atoms with van der Waals surface area (Å²) in [4.78, 5) is 18.1. The van der Waals surface area contributed by atoms with Gasteiger partial charge in [0.2, 0.25) is 0 Å². The lowest BCUT2D eigenvalue weighted by atomic mass is 10.1. The van der Waals surface area contributed by atoms with Crippen LogP contribution in [0.1, 0.15) is 5.69 Å². The Labute approximate surface area is 102 Å². The van der Waals surface area contributed by atoms with Crippen molar-refractivity contribution < 1.29 is 0 Å². The molecule has 0 aliphatic heterocycles. The van der Waals surface area contributed by atoms with E-state index in [4.69, 9.17) is 0 Å². The number of fused-ring (bicyclic) bond motifs is 1. The van der Waals surface area contributed by atoms with Crippen molar-refractivity contribution in [3.8, 4) is 11.3 Å². The molecule has 0 atom stereocenters. The number of aryl methyl sites for hydroxylation is 1. The molecule has 0 radical (unpaired) electrons. The topological polar surface area (TPSA) is 45.8 Å². The number of H-pyrrole nitrogens is 1. The van der Waals surface area contributed by atoms with Crippen molar-refractivity contribution in [3.63, 3.8) is 0 Å². The molecule has 2 aromatic heterocycles. The molecule has 0 amide bonds. The predicted molar refractivity (Wildman–Crippen MR) is 70.4 cm³/mol. The molecule has 2 heterocycles. The number of aromatic nitrogens is 2. The highest BCUT2D eigenvalue weighted by Gasteiger charge is 2.08. The standard InChI is InChI=1S/C13H10N2OS/c1-8-6-11(15-13(16)14-8)10-7-17-12-5-3-2-4-9(10)12/h2-7H,1H3,(H,14,15,16). The Kier molecular flexibility index (Phi) is 2.30. The molecule has 0 aliphatic rings. The summed E-state index contributed by atoms with van der Waals surface area (Å²) in [6.07, 6.45) is 0. The fraction of sp³-hybridized carbons (Fsp3) is 0.0769. The second-order valence-corrected chi connectivity index (χ2v) is 4.81. The van der Waals surface area contributed by atoms with E-state index in [0.29, 0.717) is 0 Å². The van der Waals surface area contributed by atoms with E-state index in [1.165, 1.54) is 4.70 Å². The van der Waals surface area contributed by atoms with Crippen molar-refractivity contribution in [3.05, 3.63) is 51.9 Å². The van der Waals surface area contributed by atoms with Crippen LogP contribution in [-0.4, -0.2) is 9.97 Å². The molecule has 0 spiro atoms. The second kappa shape index (κ2) is 3.82. The van der Waals surface area contributed by atoms with Gasteiger partial charge in [0.1, 0.15) is 0 Å². The molecule has 0 fully saturated rings. The molecule has 17 heavy (non-hydrogen) atoms. The van der Waals surface area contributed by atoms with Gasteiger partial charge in [-0.05, 0) is 19.1 Å². The number of benzene rings is 1. The third kappa shape index (κ3) is 1.76. The van der Waals surface area contributed by atoms with Crippen LogP contribution in [0.25, 0.3) is 21.3 Å². The molecule has 3 aromatic rings. The normalized spacial score (nSPS) is 10.9. The van der Waals surface area contributed by atoms with Crippen LogP contribution >= 0.6 is 11.3 Å². The van der Waals surface area contributed by atoms with E-state index >= 15 is 0 Å². The third-order valence-corrected chi connectivity index (χ3v) is 3.60. The highest BCUT2D eigenvalue weighted by atomic mass is 32.1. The number of nitrogens with zero attached hydrogens (tertiary/aromatic N) is 1. The van der Waals surface area contributed by atoms with Gasteiger partial charge in [0, 0.05) is 26.7 Å². The lowest BCUT2D eigenvalue weighted by Gasteiger charge is -1.99. The van der Waals surface area contributed by atoms with Gasteiger partial charge < -0.3 is 4.98 Å². The van der Waals surface area contributed by atoms with Crippen molar-refractivity contribution in [1.29, 1.82) is 0 Å². The van der Waals surface area contributed by atoms with Crippen LogP contribution in [0.5, 0.6) is 0 Å². The van der Waals surface area contributed by atoms with Crippen LogP contribution in [0.15, 0.2) is 40.5 Å². The van der Waals surface area contributed by atoms with E-state index in [0.717, 1.165) is 22.3 Å². The summed E-state index contributed by atoms with van der Waals surface area (Å²) in [6, 6.07) is 10.0. The van der Waals surface area contributed by atoms with Crippen LogP contribution in [0.4, 0.5) is 0 Å². The highest BCUT2D eigenvalue weighted by Crippen LogP contribution is 2.32. The smallest absolute Gasteiger partial charge is 0.310 e. The Balaban J connectivity index is 2.30. The number of hydrogen-bond acceptors (Lipinski definition) is 3. The Hall–Kier alpha value is -1.94. The van der Waals surface area contributed by atoms with Crippen LogP contribution in [0.2, 0.25) is 0 Å². The molecule has 0 unspecified atom stereocenters. The largest absolute Gasteiger partial charge is 0.345 e. The molecule has 0 saturated heterocycles. The molecular weight excluding hydrogens is 232 g/mol. The summed E-state index contributed by atoms with van der Waals surface area (Å²) < 4.78 is 1.21. The van der Waals surface area contributed by atoms with Gasteiger partial charge in [-0.3, -0.25) is 0 Å². The zero-order chi connectivity index (χ0) is 11.8. The van der Waals surface area contributed by atoms with Crippen molar-refractivity contribution in [2.75, 3.05) is 0 Å². The first kappa shape index (κ1) is 10.2. The number of nitrogens with one attached hydrogen (secondary N) is 1. The van der Waals surface area contributed by atoms with Crippen molar-refractivity contribution >= 4 is 21.4 Å². The summed E-state index contributed by atoms with van der Waals surface area (Å²) in [5, 5.41) is 3.20. The summed E-state index contributed by atoms with van der Waals surface area (Å²) >= 11 is 1.67. The average molecular weight is 242 g/mol. The van der Waals surface area contributed by atoms with E-state index in [2.05, 4.69) is 22.1 Å². The lowest BCUT2D eigenvalue weighted by molar-refractivity contribution is 1.03. The zero-order valence-electron chi connectivity index (χ0n) is 9.23. The Bertz CT molecular complexity index is 742. The first-order chi connectivity index (χ1) is 8.24. The second-order valence-electron chi connectivity index (χ2n) is 3.90. The fourth-order valence-electron chi connectivity index (χ4n) is 1.89. The molecular formula is C13H10N2OS. The first-order valence-electron chi connectivity index (χ1n) is 5.28. The predicted octanol–water partition coefficient (Wildman–Crippen LogP) is 2.96. The number of thiophene rings is 1. The molecule has 0 saturated carbocycles. The quantitative estimate of drug-likeness (QED) is 0.713. The third-order valence-electron chi connectivity index (χ3n) is 2.64. The summed E-state index contributed by atoms with van der Waals surface area (Å²) in [5.41, 5.74) is 2.30. The molecule has 4 heteroatoms. The monoisotopic (exact) mass is 242 g/mol. The van der Waals surface area contributed by atoms with Crippen LogP contribution in [-0.2, 0) is 0 Å². The maximum Gasteiger partial charge on any atom is 0.345 e. The number of rotatable bonds is 1. The van der Waals surface area contributed by atoms with Crippen LogP contribution in [0, 0.1) is 6.92 Å². The minimum atomic E-state index is -0.296. The molecule has 3 nitrogen and oxygen atoms in total. The van der Waals surface area contributed by atoms with Gasteiger partial charge in [0.15, 0.2) is 0 Å². The minimum Gasteiger partial charge on any atom is -0.310 e. The van der Waals surface area contributed by atoms with E-state index in [-0.39, 0.29) is 5.69 Å². The van der Waals surface area contributed by atoms with Gasteiger partial charge >= 0.3 is 5.69 Å². The summed E-state index contributed by atoms with van der Waals surface area (Å²) in [5.74, 6) is 0. The number of hydrogen-bond donors (Lipinski definition) is 1. The first-order valence-corrected chi connectivity index (χ1v) is 6.16. The van der Waals surface area contributed by atoms with Crippen molar-refractivity contribution in [2.24, 2.45) is 0 Å². The van der Waals surface area contributed by atoms with Gasteiger partial charge in [-0.15, -0.1) is 11.3 Å². The summed E-state index contributed by atoms with van der Waals surface area (Å²) in [7, 11) is 0. The zero-order valence-corrected chi connectivity index (χ0v) is 10.0. The number of aromatic amines is 1. The Morgan fingerprint density at radius 3 is 2.94 bits per heavy atom. The molecule has 1 aromatic carbocycles. The maximum absolute atomic E-state index is 11.4. The highest BCUT2D eigenvalue weighted by molar-refractivity contribution is 7.17. The Morgan fingerprint density at radius 2 is 2.12 bits per heavy atom. The van der Waals surface area contributed by atoms with E-state index in [9.17, 15) is 4.79 Å². The molecule has 84 valence electrons. The molecule has 0 bridgehead atoms. The summed E-state index contributed by atoms with van der Waals surface area (Å²) in [6.45, 7) is 1.86. The average Bonchev–Trinajstić information content (AvgIpc) is 2.71. The van der Waals surface area contributed by atoms with Crippen molar-refractivity contribution in [2.45, 2.75) is 6.92 Å². The van der Waals surface area contributed by atoms with Gasteiger partial charge in [0.25, 0.3) is 0 Å². The fourth-order valence-corrected chi connectivity index (χ4v) is 2.85. The molecule has 1 N–H and O–H groups in total. The molecule has 0 aliphatic carbocycles. The van der Waals surface area contributed by atoms with E-state index in [1.54, 1.807) is 11.3 Å².